The zero-order chi connectivity index (χ0) is 18.8. The number of hydrogen-bond acceptors (Lipinski definition) is 2. The molecule has 0 unspecified atom stereocenters. The van der Waals surface area contributed by atoms with Gasteiger partial charge in [0.25, 0.3) is 11.8 Å². The maximum Gasteiger partial charge on any atom is 0.257 e. The molecule has 1 aromatic heterocycles. The largest absolute Gasteiger partial charge is 0.366 e. The Bertz CT molecular complexity index is 992. The molecule has 5 nitrogen and oxygen atoms in total. The number of nitrogens with zero attached hydrogens (tertiary/aromatic N) is 1. The van der Waals surface area contributed by atoms with Gasteiger partial charge in [0.15, 0.2) is 0 Å². The van der Waals surface area contributed by atoms with Crippen LogP contribution in [0.15, 0.2) is 48.7 Å². The number of amides is 2. The van der Waals surface area contributed by atoms with Crippen LogP contribution >= 0.6 is 0 Å². The van der Waals surface area contributed by atoms with Crippen LogP contribution in [0.2, 0.25) is 0 Å². The van der Waals surface area contributed by atoms with Crippen molar-refractivity contribution in [3.63, 3.8) is 0 Å². The lowest BCUT2D eigenvalue weighted by atomic mass is 10.1. The second-order valence-electron chi connectivity index (χ2n) is 6.62. The van der Waals surface area contributed by atoms with Gasteiger partial charge in [0, 0.05) is 29.3 Å². The van der Waals surface area contributed by atoms with Crippen molar-refractivity contribution in [2.45, 2.75) is 20.4 Å². The van der Waals surface area contributed by atoms with Crippen LogP contribution in [0.25, 0.3) is 10.9 Å². The van der Waals surface area contributed by atoms with E-state index in [1.54, 1.807) is 0 Å². The number of hydrogen-bond donors (Lipinski definition) is 2. The van der Waals surface area contributed by atoms with Gasteiger partial charge in [0.05, 0.1) is 11.1 Å². The van der Waals surface area contributed by atoms with E-state index in [0.717, 1.165) is 23.5 Å². The Kier molecular flexibility index (Phi) is 4.75. The summed E-state index contributed by atoms with van der Waals surface area (Å²) in [5.41, 5.74) is 6.70. The lowest BCUT2D eigenvalue weighted by Gasteiger charge is -2.07. The number of halogens is 1. The quantitative estimate of drug-likeness (QED) is 0.732. The minimum atomic E-state index is -0.882. The first-order valence-corrected chi connectivity index (χ1v) is 8.35. The van der Waals surface area contributed by atoms with Crippen molar-refractivity contribution in [1.82, 2.24) is 4.57 Å². The fraction of sp³-hybridized carbons (Fsp3) is 0.200. The highest BCUT2D eigenvalue weighted by atomic mass is 19.1. The molecule has 26 heavy (non-hydrogen) atoms. The Labute approximate surface area is 150 Å². The summed E-state index contributed by atoms with van der Waals surface area (Å²) < 4.78 is 15.6. The number of fused-ring (bicyclic) bond motifs is 1. The van der Waals surface area contributed by atoms with E-state index >= 15 is 0 Å². The molecule has 0 saturated heterocycles. The Morgan fingerprint density at radius 1 is 1.15 bits per heavy atom. The molecule has 0 aliphatic rings. The highest BCUT2D eigenvalue weighted by Crippen LogP contribution is 2.24. The van der Waals surface area contributed by atoms with Crippen LogP contribution in [0.1, 0.15) is 34.6 Å². The minimum absolute atomic E-state index is 0.259. The lowest BCUT2D eigenvalue weighted by molar-refractivity contribution is 0.0992. The predicted octanol–water partition coefficient (Wildman–Crippen LogP) is 3.79. The van der Waals surface area contributed by atoms with Crippen molar-refractivity contribution >= 4 is 28.4 Å². The molecular weight excluding hydrogens is 333 g/mol. The monoisotopic (exact) mass is 353 g/mol. The second kappa shape index (κ2) is 7.00. The fourth-order valence-corrected chi connectivity index (χ4v) is 2.96. The number of nitrogens with two attached hydrogens (primary N) is 1. The number of rotatable bonds is 5. The van der Waals surface area contributed by atoms with Gasteiger partial charge in [-0.2, -0.15) is 0 Å². The second-order valence-corrected chi connectivity index (χ2v) is 6.62. The smallest absolute Gasteiger partial charge is 0.257 e. The molecule has 3 rings (SSSR count). The van der Waals surface area contributed by atoms with Crippen molar-refractivity contribution in [3.8, 4) is 0 Å². The van der Waals surface area contributed by atoms with Gasteiger partial charge < -0.3 is 15.6 Å². The maximum absolute atomic E-state index is 13.6. The molecule has 0 atom stereocenters. The summed E-state index contributed by atoms with van der Waals surface area (Å²) in [6, 6.07) is 11.4. The summed E-state index contributed by atoms with van der Waals surface area (Å²) in [5.74, 6) is -1.50. The Balaban J connectivity index is 1.96. The molecule has 0 bridgehead atoms. The van der Waals surface area contributed by atoms with Crippen LogP contribution in [-0.2, 0) is 6.54 Å². The van der Waals surface area contributed by atoms with E-state index < -0.39 is 11.7 Å². The highest BCUT2D eigenvalue weighted by Gasteiger charge is 2.17. The number of benzene rings is 2. The van der Waals surface area contributed by atoms with Gasteiger partial charge in [-0.25, -0.2) is 4.39 Å². The fourth-order valence-electron chi connectivity index (χ4n) is 2.96. The van der Waals surface area contributed by atoms with Gasteiger partial charge in [-0.05, 0) is 30.2 Å². The summed E-state index contributed by atoms with van der Waals surface area (Å²) in [4.78, 5) is 24.0. The molecule has 3 aromatic rings. The van der Waals surface area contributed by atoms with Crippen molar-refractivity contribution < 1.29 is 14.0 Å². The lowest BCUT2D eigenvalue weighted by Crippen LogP contribution is -2.16. The van der Waals surface area contributed by atoms with Gasteiger partial charge in [0.2, 0.25) is 0 Å². The van der Waals surface area contributed by atoms with Crippen LogP contribution in [-0.4, -0.2) is 16.4 Å². The summed E-state index contributed by atoms with van der Waals surface area (Å²) >= 11 is 0. The van der Waals surface area contributed by atoms with E-state index in [1.165, 1.54) is 12.1 Å². The van der Waals surface area contributed by atoms with Crippen LogP contribution in [0.3, 0.4) is 0 Å². The normalized spacial score (nSPS) is 11.1. The minimum Gasteiger partial charge on any atom is -0.366 e. The Morgan fingerprint density at radius 3 is 2.58 bits per heavy atom. The van der Waals surface area contributed by atoms with E-state index in [9.17, 15) is 14.0 Å². The Hall–Kier alpha value is -3.15. The third kappa shape index (κ3) is 3.44. The highest BCUT2D eigenvalue weighted by molar-refractivity contribution is 6.13. The summed E-state index contributed by atoms with van der Waals surface area (Å²) in [7, 11) is 0. The van der Waals surface area contributed by atoms with E-state index in [1.807, 2.05) is 30.5 Å². The van der Waals surface area contributed by atoms with Crippen molar-refractivity contribution in [2.24, 2.45) is 11.7 Å². The van der Waals surface area contributed by atoms with E-state index in [-0.39, 0.29) is 11.5 Å². The van der Waals surface area contributed by atoms with E-state index in [2.05, 4.69) is 23.7 Å². The predicted molar refractivity (Wildman–Crippen MR) is 99.6 cm³/mol. The molecular formula is C20H20FN3O2. The SMILES string of the molecule is CC(C)Cn1cc(C(=O)Nc2ccc(F)c(C(N)=O)c2)c2ccccc21. The molecule has 134 valence electrons. The zero-order valence-corrected chi connectivity index (χ0v) is 14.6. The molecule has 0 radical (unpaired) electrons. The third-order valence-corrected chi connectivity index (χ3v) is 4.08. The molecule has 1 heterocycles. The molecule has 2 aromatic carbocycles. The van der Waals surface area contributed by atoms with Crippen LogP contribution in [0, 0.1) is 11.7 Å². The summed E-state index contributed by atoms with van der Waals surface area (Å²) in [6.07, 6.45) is 1.82. The summed E-state index contributed by atoms with van der Waals surface area (Å²) in [5, 5.41) is 3.55. The Morgan fingerprint density at radius 2 is 1.88 bits per heavy atom. The number of primary amides is 1. The number of nitrogens with one attached hydrogen (secondary N) is 1. The van der Waals surface area contributed by atoms with Crippen molar-refractivity contribution in [2.75, 3.05) is 5.32 Å². The molecule has 0 aliphatic heterocycles. The van der Waals surface area contributed by atoms with Gasteiger partial charge in [-0.15, -0.1) is 0 Å². The van der Waals surface area contributed by atoms with Crippen LogP contribution < -0.4 is 11.1 Å². The molecule has 0 saturated carbocycles. The van der Waals surface area contributed by atoms with Gasteiger partial charge in [0.1, 0.15) is 5.82 Å². The van der Waals surface area contributed by atoms with E-state index in [4.69, 9.17) is 5.73 Å². The standard InChI is InChI=1S/C20H20FN3O2/c1-12(2)10-24-11-16(14-5-3-4-6-18(14)24)20(26)23-13-7-8-17(21)15(9-13)19(22)25/h3-9,11-12H,10H2,1-2H3,(H2,22,25)(H,23,26). The zero-order valence-electron chi connectivity index (χ0n) is 14.6. The average Bonchev–Trinajstić information content (AvgIpc) is 2.94. The van der Waals surface area contributed by atoms with E-state index in [0.29, 0.717) is 17.2 Å². The van der Waals surface area contributed by atoms with Gasteiger partial charge in [-0.1, -0.05) is 32.0 Å². The maximum atomic E-state index is 13.6. The molecule has 6 heteroatoms. The molecule has 3 N–H and O–H groups in total. The first-order valence-electron chi connectivity index (χ1n) is 8.35. The number of para-hydroxylation sites is 1. The number of carbonyl (C=O) groups is 2. The topological polar surface area (TPSA) is 77.1 Å². The third-order valence-electron chi connectivity index (χ3n) is 4.08. The average molecular weight is 353 g/mol. The first-order chi connectivity index (χ1) is 12.4. The molecule has 0 aliphatic carbocycles. The van der Waals surface area contributed by atoms with Gasteiger partial charge >= 0.3 is 0 Å². The number of aromatic nitrogens is 1. The van der Waals surface area contributed by atoms with Gasteiger partial charge in [-0.3, -0.25) is 9.59 Å². The van der Waals surface area contributed by atoms with Crippen molar-refractivity contribution in [3.05, 3.63) is 65.6 Å². The van der Waals surface area contributed by atoms with Crippen molar-refractivity contribution in [1.29, 1.82) is 0 Å². The van der Waals surface area contributed by atoms with Crippen LogP contribution in [0.4, 0.5) is 10.1 Å². The van der Waals surface area contributed by atoms with Crippen LogP contribution in [0.5, 0.6) is 0 Å². The number of anilines is 1. The molecule has 0 fully saturated rings. The molecule has 2 amide bonds. The molecule has 0 spiro atoms. The summed E-state index contributed by atoms with van der Waals surface area (Å²) in [6.45, 7) is 5.01. The number of carbonyl (C=O) groups excluding carboxylic acids is 2. The first kappa shape index (κ1) is 17.7.